The lowest BCUT2D eigenvalue weighted by atomic mass is 10.1. The summed E-state index contributed by atoms with van der Waals surface area (Å²) in [5.41, 5.74) is 11.1. The number of aryl methyl sites for hydroxylation is 1. The Morgan fingerprint density at radius 1 is 1.27 bits per heavy atom. The molecule has 2 aromatic rings. The molecule has 0 saturated heterocycles. The van der Waals surface area contributed by atoms with Crippen LogP contribution in [0.1, 0.15) is 29.9 Å². The number of hydrogen-bond donors (Lipinski definition) is 1. The van der Waals surface area contributed by atoms with Crippen LogP contribution < -0.4 is 5.73 Å². The SMILES string of the molecule is Cc1cnc2c(C3CC3)c(N)cnc2c1. The highest BCUT2D eigenvalue weighted by atomic mass is 14.8. The van der Waals surface area contributed by atoms with E-state index in [2.05, 4.69) is 16.0 Å². The number of nitrogens with two attached hydrogens (primary N) is 1. The van der Waals surface area contributed by atoms with Crippen LogP contribution in [0.5, 0.6) is 0 Å². The van der Waals surface area contributed by atoms with E-state index in [-0.39, 0.29) is 0 Å². The maximum atomic E-state index is 5.96. The smallest absolute Gasteiger partial charge is 0.0942 e. The van der Waals surface area contributed by atoms with Crippen molar-refractivity contribution in [3.8, 4) is 0 Å². The number of nitrogens with zero attached hydrogens (tertiary/aromatic N) is 2. The van der Waals surface area contributed by atoms with Gasteiger partial charge in [-0.1, -0.05) is 0 Å². The maximum absolute atomic E-state index is 5.96. The molecule has 2 aromatic heterocycles. The predicted molar refractivity (Wildman–Crippen MR) is 60.7 cm³/mol. The minimum absolute atomic E-state index is 0.616. The molecule has 1 aliphatic rings. The first-order valence-corrected chi connectivity index (χ1v) is 5.26. The topological polar surface area (TPSA) is 51.8 Å². The van der Waals surface area contributed by atoms with E-state index >= 15 is 0 Å². The zero-order chi connectivity index (χ0) is 10.4. The highest BCUT2D eigenvalue weighted by molar-refractivity contribution is 5.83. The predicted octanol–water partition coefficient (Wildman–Crippen LogP) is 2.40. The molecule has 3 heteroatoms. The van der Waals surface area contributed by atoms with E-state index < -0.39 is 0 Å². The van der Waals surface area contributed by atoms with Gasteiger partial charge in [0, 0.05) is 11.8 Å². The Balaban J connectivity index is 2.34. The van der Waals surface area contributed by atoms with Crippen LogP contribution in [0.15, 0.2) is 18.5 Å². The van der Waals surface area contributed by atoms with Crippen LogP contribution in [0, 0.1) is 6.92 Å². The normalized spacial score (nSPS) is 15.8. The molecular weight excluding hydrogens is 186 g/mol. The van der Waals surface area contributed by atoms with Crippen LogP contribution in [-0.4, -0.2) is 9.97 Å². The van der Waals surface area contributed by atoms with Crippen LogP contribution in [0.25, 0.3) is 11.0 Å². The average molecular weight is 199 g/mol. The van der Waals surface area contributed by atoms with Crippen molar-refractivity contribution in [3.05, 3.63) is 29.6 Å². The molecule has 0 spiro atoms. The second-order valence-corrected chi connectivity index (χ2v) is 4.28. The van der Waals surface area contributed by atoms with Crippen LogP contribution in [0.3, 0.4) is 0 Å². The van der Waals surface area contributed by atoms with Gasteiger partial charge in [0.15, 0.2) is 0 Å². The number of hydrogen-bond acceptors (Lipinski definition) is 3. The van der Waals surface area contributed by atoms with Gasteiger partial charge < -0.3 is 5.73 Å². The number of anilines is 1. The molecule has 0 aliphatic heterocycles. The van der Waals surface area contributed by atoms with Gasteiger partial charge in [0.2, 0.25) is 0 Å². The number of nitrogen functional groups attached to an aromatic ring is 1. The molecule has 76 valence electrons. The Labute approximate surface area is 88.3 Å². The minimum Gasteiger partial charge on any atom is -0.397 e. The second-order valence-electron chi connectivity index (χ2n) is 4.28. The molecule has 3 nitrogen and oxygen atoms in total. The minimum atomic E-state index is 0.616. The van der Waals surface area contributed by atoms with Gasteiger partial charge in [-0.05, 0) is 37.3 Å². The Bertz CT molecular complexity index is 530. The fraction of sp³-hybridized carbons (Fsp3) is 0.333. The monoisotopic (exact) mass is 199 g/mol. The summed E-state index contributed by atoms with van der Waals surface area (Å²) in [6.45, 7) is 2.03. The zero-order valence-electron chi connectivity index (χ0n) is 8.70. The lowest BCUT2D eigenvalue weighted by molar-refractivity contribution is 1.12. The molecule has 15 heavy (non-hydrogen) atoms. The largest absolute Gasteiger partial charge is 0.397 e. The lowest BCUT2D eigenvalue weighted by Gasteiger charge is -2.07. The molecule has 0 aromatic carbocycles. The van der Waals surface area contributed by atoms with Crippen molar-refractivity contribution in [3.63, 3.8) is 0 Å². The van der Waals surface area contributed by atoms with Crippen LogP contribution in [0.4, 0.5) is 5.69 Å². The first-order valence-electron chi connectivity index (χ1n) is 5.26. The van der Waals surface area contributed by atoms with Gasteiger partial charge in [-0.3, -0.25) is 9.97 Å². The lowest BCUT2D eigenvalue weighted by Crippen LogP contribution is -1.97. The number of rotatable bonds is 1. The summed E-state index contributed by atoms with van der Waals surface area (Å²) in [4.78, 5) is 8.79. The zero-order valence-corrected chi connectivity index (χ0v) is 8.70. The van der Waals surface area contributed by atoms with Crippen molar-refractivity contribution in [2.24, 2.45) is 0 Å². The van der Waals surface area contributed by atoms with Gasteiger partial charge in [0.25, 0.3) is 0 Å². The molecule has 0 unspecified atom stereocenters. The quantitative estimate of drug-likeness (QED) is 0.767. The van der Waals surface area contributed by atoms with Gasteiger partial charge in [-0.25, -0.2) is 0 Å². The van der Waals surface area contributed by atoms with Gasteiger partial charge in [-0.2, -0.15) is 0 Å². The van der Waals surface area contributed by atoms with Crippen molar-refractivity contribution < 1.29 is 0 Å². The number of fused-ring (bicyclic) bond motifs is 1. The van der Waals surface area contributed by atoms with E-state index in [9.17, 15) is 0 Å². The second kappa shape index (κ2) is 2.92. The molecule has 2 heterocycles. The third-order valence-electron chi connectivity index (χ3n) is 2.90. The summed E-state index contributed by atoms with van der Waals surface area (Å²) in [7, 11) is 0. The molecule has 0 amide bonds. The highest BCUT2D eigenvalue weighted by Crippen LogP contribution is 2.44. The Kier molecular flexibility index (Phi) is 1.69. The fourth-order valence-electron chi connectivity index (χ4n) is 2.01. The average Bonchev–Trinajstić information content (AvgIpc) is 3.02. The molecule has 2 N–H and O–H groups in total. The first-order chi connectivity index (χ1) is 7.25. The molecule has 0 radical (unpaired) electrons. The summed E-state index contributed by atoms with van der Waals surface area (Å²) >= 11 is 0. The third-order valence-corrected chi connectivity index (χ3v) is 2.90. The summed E-state index contributed by atoms with van der Waals surface area (Å²) in [6, 6.07) is 2.06. The summed E-state index contributed by atoms with van der Waals surface area (Å²) in [5, 5.41) is 0. The molecule has 1 fully saturated rings. The number of aromatic nitrogens is 2. The summed E-state index contributed by atoms with van der Waals surface area (Å²) in [5.74, 6) is 0.616. The van der Waals surface area contributed by atoms with E-state index in [0.29, 0.717) is 5.92 Å². The van der Waals surface area contributed by atoms with Crippen LogP contribution in [0.2, 0.25) is 0 Å². The Morgan fingerprint density at radius 2 is 2.07 bits per heavy atom. The highest BCUT2D eigenvalue weighted by Gasteiger charge is 2.28. The van der Waals surface area contributed by atoms with Crippen molar-refractivity contribution >= 4 is 16.7 Å². The molecular formula is C12H13N3. The van der Waals surface area contributed by atoms with Crippen molar-refractivity contribution in [2.75, 3.05) is 5.73 Å². The molecule has 0 atom stereocenters. The summed E-state index contributed by atoms with van der Waals surface area (Å²) < 4.78 is 0. The maximum Gasteiger partial charge on any atom is 0.0942 e. The van der Waals surface area contributed by atoms with Gasteiger partial charge in [-0.15, -0.1) is 0 Å². The van der Waals surface area contributed by atoms with Crippen molar-refractivity contribution in [1.82, 2.24) is 9.97 Å². The van der Waals surface area contributed by atoms with Gasteiger partial charge in [0.05, 0.1) is 22.9 Å². The van der Waals surface area contributed by atoms with Gasteiger partial charge >= 0.3 is 0 Å². The number of pyridine rings is 2. The van der Waals surface area contributed by atoms with E-state index in [1.807, 2.05) is 13.1 Å². The van der Waals surface area contributed by atoms with Crippen molar-refractivity contribution in [2.45, 2.75) is 25.7 Å². The van der Waals surface area contributed by atoms with E-state index in [4.69, 9.17) is 5.73 Å². The third kappa shape index (κ3) is 1.35. The van der Waals surface area contributed by atoms with Crippen LogP contribution in [-0.2, 0) is 0 Å². The Morgan fingerprint density at radius 3 is 2.80 bits per heavy atom. The molecule has 1 aliphatic carbocycles. The standard InChI is InChI=1S/C12H13N3/c1-7-4-10-12(15-5-7)11(8-2-3-8)9(13)6-14-10/h4-6,8H,2-3,13H2,1H3. The van der Waals surface area contributed by atoms with Crippen molar-refractivity contribution in [1.29, 1.82) is 0 Å². The Hall–Kier alpha value is -1.64. The summed E-state index contributed by atoms with van der Waals surface area (Å²) in [6.07, 6.45) is 6.12. The van der Waals surface area contributed by atoms with Gasteiger partial charge in [0.1, 0.15) is 0 Å². The van der Waals surface area contributed by atoms with E-state index in [1.54, 1.807) is 6.20 Å². The fourth-order valence-corrected chi connectivity index (χ4v) is 2.01. The molecule has 3 rings (SSSR count). The van der Waals surface area contributed by atoms with Crippen LogP contribution >= 0.6 is 0 Å². The molecule has 1 saturated carbocycles. The first kappa shape index (κ1) is 8.65. The van der Waals surface area contributed by atoms with E-state index in [1.165, 1.54) is 18.4 Å². The van der Waals surface area contributed by atoms with E-state index in [0.717, 1.165) is 22.3 Å². The molecule has 0 bridgehead atoms.